The van der Waals surface area contributed by atoms with Crippen molar-refractivity contribution in [1.82, 2.24) is 14.7 Å². The third-order valence-corrected chi connectivity index (χ3v) is 7.15. The lowest BCUT2D eigenvalue weighted by molar-refractivity contribution is 0.0748. The van der Waals surface area contributed by atoms with E-state index in [0.717, 1.165) is 54.6 Å². The lowest BCUT2D eigenvalue weighted by Crippen LogP contribution is -2.28. The van der Waals surface area contributed by atoms with Crippen molar-refractivity contribution >= 4 is 11.8 Å². The number of hydrogen-bond donors (Lipinski definition) is 2. The van der Waals surface area contributed by atoms with Crippen molar-refractivity contribution in [3.8, 4) is 17.2 Å². The molecular weight excluding hydrogens is 494 g/mol. The maximum Gasteiger partial charge on any atom is 0.258 e. The molecule has 1 aliphatic heterocycles. The first-order valence-corrected chi connectivity index (χ1v) is 13.4. The van der Waals surface area contributed by atoms with E-state index >= 15 is 0 Å². The standard InChI is InChI=1S/C31H37N3O5/c1-4-33(5-2)14-9-15-39-25-13-12-23-20-34(21-24(23)16-25)31(38)27-17-26(28(35)18-29(27)36)30(37)32(3)19-22-10-7-6-8-11-22/h6-8,10-13,16-18,35-36H,4-5,9,14-15,19-21H2,1-3H3. The van der Waals surface area contributed by atoms with Crippen LogP contribution in [-0.2, 0) is 19.6 Å². The summed E-state index contributed by atoms with van der Waals surface area (Å²) in [6.07, 6.45) is 0.936. The van der Waals surface area contributed by atoms with Gasteiger partial charge in [0.2, 0.25) is 0 Å². The van der Waals surface area contributed by atoms with Crippen LogP contribution >= 0.6 is 0 Å². The van der Waals surface area contributed by atoms with Gasteiger partial charge in [-0.1, -0.05) is 50.2 Å². The first-order valence-electron chi connectivity index (χ1n) is 13.4. The lowest BCUT2D eigenvalue weighted by atomic mass is 10.1. The zero-order chi connectivity index (χ0) is 27.9. The molecule has 0 fully saturated rings. The van der Waals surface area contributed by atoms with Gasteiger partial charge < -0.3 is 29.6 Å². The molecule has 39 heavy (non-hydrogen) atoms. The van der Waals surface area contributed by atoms with Crippen molar-refractivity contribution in [2.45, 2.75) is 39.9 Å². The van der Waals surface area contributed by atoms with Crippen molar-refractivity contribution < 1.29 is 24.5 Å². The van der Waals surface area contributed by atoms with E-state index in [4.69, 9.17) is 4.74 Å². The number of phenolic OH excluding ortho intramolecular Hbond substituents is 2. The summed E-state index contributed by atoms with van der Waals surface area (Å²) in [5.41, 5.74) is 2.87. The zero-order valence-corrected chi connectivity index (χ0v) is 22.9. The summed E-state index contributed by atoms with van der Waals surface area (Å²) >= 11 is 0. The predicted molar refractivity (Wildman–Crippen MR) is 150 cm³/mol. The van der Waals surface area contributed by atoms with Gasteiger partial charge in [0.05, 0.1) is 17.7 Å². The molecule has 1 heterocycles. The number of carbonyl (C=O) groups is 2. The number of carbonyl (C=O) groups excluding carboxylic acids is 2. The number of fused-ring (bicyclic) bond motifs is 1. The zero-order valence-electron chi connectivity index (χ0n) is 22.9. The molecule has 0 saturated carbocycles. The molecule has 0 radical (unpaired) electrons. The van der Waals surface area contributed by atoms with Crippen molar-refractivity contribution in [2.75, 3.05) is 33.3 Å². The van der Waals surface area contributed by atoms with Gasteiger partial charge in [0.15, 0.2) is 0 Å². The van der Waals surface area contributed by atoms with Crippen LogP contribution in [0.5, 0.6) is 17.2 Å². The molecule has 206 valence electrons. The number of nitrogens with zero attached hydrogens (tertiary/aromatic N) is 3. The van der Waals surface area contributed by atoms with Crippen LogP contribution in [0.1, 0.15) is 57.7 Å². The molecule has 3 aromatic carbocycles. The van der Waals surface area contributed by atoms with Gasteiger partial charge in [0.25, 0.3) is 11.8 Å². The molecule has 0 unspecified atom stereocenters. The fraction of sp³-hybridized carbons (Fsp3) is 0.355. The Balaban J connectivity index is 1.42. The molecule has 4 rings (SSSR count). The van der Waals surface area contributed by atoms with E-state index in [0.29, 0.717) is 26.2 Å². The van der Waals surface area contributed by atoms with Crippen LogP contribution < -0.4 is 4.74 Å². The maximum absolute atomic E-state index is 13.4. The smallest absolute Gasteiger partial charge is 0.258 e. The largest absolute Gasteiger partial charge is 0.507 e. The second-order valence-electron chi connectivity index (χ2n) is 9.85. The monoisotopic (exact) mass is 531 g/mol. The van der Waals surface area contributed by atoms with E-state index in [2.05, 4.69) is 18.7 Å². The fourth-order valence-electron chi connectivity index (χ4n) is 4.85. The van der Waals surface area contributed by atoms with Gasteiger partial charge in [-0.25, -0.2) is 0 Å². The second kappa shape index (κ2) is 12.7. The minimum absolute atomic E-state index is 0.0232. The molecule has 8 heteroatoms. The lowest BCUT2D eigenvalue weighted by Gasteiger charge is -2.20. The molecule has 0 aromatic heterocycles. The maximum atomic E-state index is 13.4. The average Bonchev–Trinajstić information content (AvgIpc) is 3.37. The number of ether oxygens (including phenoxy) is 1. The van der Waals surface area contributed by atoms with Crippen LogP contribution in [0.2, 0.25) is 0 Å². The number of benzene rings is 3. The Morgan fingerprint density at radius 2 is 1.59 bits per heavy atom. The van der Waals surface area contributed by atoms with Crippen LogP contribution in [0, 0.1) is 0 Å². The first-order chi connectivity index (χ1) is 18.8. The average molecular weight is 532 g/mol. The van der Waals surface area contributed by atoms with Crippen molar-refractivity contribution in [3.05, 3.63) is 88.5 Å². The van der Waals surface area contributed by atoms with Crippen LogP contribution in [0.25, 0.3) is 0 Å². The third kappa shape index (κ3) is 6.70. The number of phenols is 2. The summed E-state index contributed by atoms with van der Waals surface area (Å²) < 4.78 is 5.95. The Morgan fingerprint density at radius 3 is 2.31 bits per heavy atom. The summed E-state index contributed by atoms with van der Waals surface area (Å²) in [6.45, 7) is 9.04. The van der Waals surface area contributed by atoms with Crippen molar-refractivity contribution in [1.29, 1.82) is 0 Å². The summed E-state index contributed by atoms with van der Waals surface area (Å²) in [5, 5.41) is 20.9. The van der Waals surface area contributed by atoms with Crippen LogP contribution in [0.4, 0.5) is 0 Å². The Kier molecular flexibility index (Phi) is 9.09. The Hall–Kier alpha value is -4.04. The minimum atomic E-state index is -0.446. The highest BCUT2D eigenvalue weighted by Gasteiger charge is 2.28. The molecule has 0 spiro atoms. The van der Waals surface area contributed by atoms with Gasteiger partial charge in [-0.05, 0) is 54.4 Å². The third-order valence-electron chi connectivity index (χ3n) is 7.15. The Morgan fingerprint density at radius 1 is 0.897 bits per heavy atom. The van der Waals surface area contributed by atoms with E-state index in [-0.39, 0.29) is 22.6 Å². The molecule has 0 aliphatic carbocycles. The molecule has 0 bridgehead atoms. The highest BCUT2D eigenvalue weighted by atomic mass is 16.5. The van der Waals surface area contributed by atoms with Gasteiger partial charge in [-0.3, -0.25) is 9.59 Å². The van der Waals surface area contributed by atoms with Gasteiger partial charge >= 0.3 is 0 Å². The molecule has 8 nitrogen and oxygen atoms in total. The molecule has 2 N–H and O–H groups in total. The highest BCUT2D eigenvalue weighted by molar-refractivity contribution is 6.03. The Bertz CT molecular complexity index is 1310. The van der Waals surface area contributed by atoms with Crippen LogP contribution in [-0.4, -0.2) is 70.0 Å². The number of aromatic hydroxyl groups is 2. The number of hydrogen-bond acceptors (Lipinski definition) is 6. The van der Waals surface area contributed by atoms with E-state index in [9.17, 15) is 19.8 Å². The first kappa shape index (κ1) is 28.0. The second-order valence-corrected chi connectivity index (χ2v) is 9.85. The van der Waals surface area contributed by atoms with Crippen molar-refractivity contribution in [3.63, 3.8) is 0 Å². The fourth-order valence-corrected chi connectivity index (χ4v) is 4.85. The quantitative estimate of drug-likeness (QED) is 0.350. The minimum Gasteiger partial charge on any atom is -0.507 e. The summed E-state index contributed by atoms with van der Waals surface area (Å²) in [7, 11) is 1.63. The normalized spacial score (nSPS) is 12.5. The van der Waals surface area contributed by atoms with E-state index < -0.39 is 11.8 Å². The van der Waals surface area contributed by atoms with Crippen LogP contribution in [0.3, 0.4) is 0 Å². The van der Waals surface area contributed by atoms with Crippen molar-refractivity contribution in [2.24, 2.45) is 0 Å². The van der Waals surface area contributed by atoms with E-state index in [1.54, 1.807) is 11.9 Å². The number of rotatable bonds is 11. The predicted octanol–water partition coefficient (Wildman–Crippen LogP) is 4.64. The number of amides is 2. The van der Waals surface area contributed by atoms with E-state index in [1.807, 2.05) is 48.5 Å². The van der Waals surface area contributed by atoms with Gasteiger partial charge in [0, 0.05) is 39.3 Å². The molecule has 3 aromatic rings. The SMILES string of the molecule is CCN(CC)CCCOc1ccc2c(c1)CN(C(=O)c1cc(C(=O)N(C)Cc3ccccc3)c(O)cc1O)C2. The van der Waals surface area contributed by atoms with Gasteiger partial charge in [0.1, 0.15) is 17.2 Å². The van der Waals surface area contributed by atoms with Gasteiger partial charge in [-0.2, -0.15) is 0 Å². The summed E-state index contributed by atoms with van der Waals surface area (Å²) in [5.74, 6) is -0.832. The Labute approximate surface area is 230 Å². The topological polar surface area (TPSA) is 93.6 Å². The molecule has 1 aliphatic rings. The molecule has 0 atom stereocenters. The summed E-state index contributed by atoms with van der Waals surface area (Å²) in [4.78, 5) is 32.0. The summed E-state index contributed by atoms with van der Waals surface area (Å²) in [6, 6.07) is 17.7. The molecule has 0 saturated heterocycles. The highest BCUT2D eigenvalue weighted by Crippen LogP contribution is 2.33. The molecular formula is C31H37N3O5. The van der Waals surface area contributed by atoms with Crippen LogP contribution in [0.15, 0.2) is 60.7 Å². The molecule has 2 amide bonds. The van der Waals surface area contributed by atoms with Gasteiger partial charge in [-0.15, -0.1) is 0 Å². The van der Waals surface area contributed by atoms with E-state index in [1.165, 1.54) is 11.0 Å².